The molecule has 0 aromatic heterocycles. The Bertz CT molecular complexity index is 654. The van der Waals surface area contributed by atoms with E-state index in [4.69, 9.17) is 9.47 Å². The molecule has 0 bridgehead atoms. The quantitative estimate of drug-likeness (QED) is 0.365. The van der Waals surface area contributed by atoms with Gasteiger partial charge in [0.1, 0.15) is 11.5 Å². The van der Waals surface area contributed by atoms with Crippen LogP contribution in [0.1, 0.15) is 5.56 Å². The summed E-state index contributed by atoms with van der Waals surface area (Å²) in [6.07, 6.45) is 0. The van der Waals surface area contributed by atoms with Gasteiger partial charge in [0.2, 0.25) is 0 Å². The highest BCUT2D eigenvalue weighted by molar-refractivity contribution is 5.74. The van der Waals surface area contributed by atoms with Gasteiger partial charge in [-0.25, -0.2) is 4.79 Å². The van der Waals surface area contributed by atoms with Gasteiger partial charge in [-0.1, -0.05) is 18.2 Å². The average molecular weight is 287 g/mol. The number of nitro groups is 1. The number of rotatable bonds is 5. The lowest BCUT2D eigenvalue weighted by atomic mass is 10.2. The van der Waals surface area contributed by atoms with E-state index in [1.54, 1.807) is 31.2 Å². The third-order valence-electron chi connectivity index (χ3n) is 2.70. The van der Waals surface area contributed by atoms with Gasteiger partial charge in [0, 0.05) is 11.6 Å². The fourth-order valence-corrected chi connectivity index (χ4v) is 1.72. The summed E-state index contributed by atoms with van der Waals surface area (Å²) >= 11 is 0. The van der Waals surface area contributed by atoms with Gasteiger partial charge >= 0.3 is 5.97 Å². The molecule has 0 saturated carbocycles. The van der Waals surface area contributed by atoms with Gasteiger partial charge in [-0.2, -0.15) is 0 Å². The van der Waals surface area contributed by atoms with Gasteiger partial charge in [0.05, 0.1) is 4.92 Å². The average Bonchev–Trinajstić information content (AvgIpc) is 2.46. The zero-order chi connectivity index (χ0) is 15.2. The van der Waals surface area contributed by atoms with Crippen LogP contribution in [0.2, 0.25) is 0 Å². The summed E-state index contributed by atoms with van der Waals surface area (Å²) in [5.74, 6) is 0.237. The van der Waals surface area contributed by atoms with E-state index in [0.717, 1.165) is 0 Å². The number of benzene rings is 2. The molecule has 0 aliphatic rings. The van der Waals surface area contributed by atoms with Gasteiger partial charge < -0.3 is 9.47 Å². The zero-order valence-electron chi connectivity index (χ0n) is 11.3. The van der Waals surface area contributed by atoms with Crippen LogP contribution in [0.4, 0.5) is 5.69 Å². The first-order chi connectivity index (χ1) is 10.1. The predicted octanol–water partition coefficient (Wildman–Crippen LogP) is 2.89. The summed E-state index contributed by atoms with van der Waals surface area (Å²) in [7, 11) is 0. The van der Waals surface area contributed by atoms with Gasteiger partial charge in [0.25, 0.3) is 5.69 Å². The topological polar surface area (TPSA) is 78.7 Å². The molecular weight excluding hydrogens is 274 g/mol. The Morgan fingerprint density at radius 3 is 2.48 bits per heavy atom. The highest BCUT2D eigenvalue weighted by atomic mass is 16.6. The number of esters is 1. The van der Waals surface area contributed by atoms with Crippen molar-refractivity contribution in [3.05, 3.63) is 64.2 Å². The fourth-order valence-electron chi connectivity index (χ4n) is 1.72. The van der Waals surface area contributed by atoms with E-state index >= 15 is 0 Å². The van der Waals surface area contributed by atoms with Crippen molar-refractivity contribution in [3.63, 3.8) is 0 Å². The minimum Gasteiger partial charge on any atom is -0.482 e. The smallest absolute Gasteiger partial charge is 0.349 e. The summed E-state index contributed by atoms with van der Waals surface area (Å²) in [5.41, 5.74) is 0.407. The summed E-state index contributed by atoms with van der Waals surface area (Å²) in [6, 6.07) is 13.0. The first-order valence-electron chi connectivity index (χ1n) is 6.20. The maximum absolute atomic E-state index is 11.6. The van der Waals surface area contributed by atoms with E-state index in [9.17, 15) is 14.9 Å². The Morgan fingerprint density at radius 2 is 1.86 bits per heavy atom. The number of aryl methyl sites for hydroxylation is 1. The second kappa shape index (κ2) is 6.51. The number of nitrogens with zero attached hydrogens (tertiary/aromatic N) is 1. The zero-order valence-corrected chi connectivity index (χ0v) is 11.3. The van der Waals surface area contributed by atoms with E-state index in [-0.39, 0.29) is 18.0 Å². The molecule has 6 nitrogen and oxygen atoms in total. The minimum atomic E-state index is -0.577. The van der Waals surface area contributed by atoms with Crippen LogP contribution in [0, 0.1) is 17.0 Å². The SMILES string of the molecule is Cc1cc(OC(=O)COc2ccccc2)ccc1[N+](=O)[O-]. The first kappa shape index (κ1) is 14.5. The summed E-state index contributed by atoms with van der Waals surface area (Å²) in [6.45, 7) is 1.34. The Labute approximate surface area is 121 Å². The number of hydrogen-bond acceptors (Lipinski definition) is 5. The van der Waals surface area contributed by atoms with E-state index in [2.05, 4.69) is 0 Å². The Hall–Kier alpha value is -2.89. The summed E-state index contributed by atoms with van der Waals surface area (Å²) < 4.78 is 10.3. The monoisotopic (exact) mass is 287 g/mol. The molecule has 0 fully saturated rings. The van der Waals surface area contributed by atoms with E-state index in [1.807, 2.05) is 6.07 Å². The van der Waals surface area contributed by atoms with Gasteiger partial charge in [-0.3, -0.25) is 10.1 Å². The number of carbonyl (C=O) groups excluding carboxylic acids is 1. The molecule has 2 aromatic carbocycles. The third-order valence-corrected chi connectivity index (χ3v) is 2.70. The van der Waals surface area contributed by atoms with Crippen molar-refractivity contribution in [3.8, 4) is 11.5 Å². The minimum absolute atomic E-state index is 0.0182. The maximum atomic E-state index is 11.6. The molecule has 21 heavy (non-hydrogen) atoms. The second-order valence-corrected chi connectivity index (χ2v) is 4.28. The molecule has 0 aliphatic heterocycles. The van der Waals surface area contributed by atoms with Crippen LogP contribution in [0.3, 0.4) is 0 Å². The largest absolute Gasteiger partial charge is 0.482 e. The Balaban J connectivity index is 1.94. The van der Waals surface area contributed by atoms with Crippen LogP contribution < -0.4 is 9.47 Å². The number of carbonyl (C=O) groups is 1. The summed E-state index contributed by atoms with van der Waals surface area (Å²) in [4.78, 5) is 21.8. The Morgan fingerprint density at radius 1 is 1.14 bits per heavy atom. The molecule has 0 amide bonds. The molecule has 0 spiro atoms. The lowest BCUT2D eigenvalue weighted by Crippen LogP contribution is -2.17. The van der Waals surface area contributed by atoms with Gasteiger partial charge in [0.15, 0.2) is 6.61 Å². The van der Waals surface area contributed by atoms with Crippen LogP contribution in [0.5, 0.6) is 11.5 Å². The molecule has 108 valence electrons. The standard InChI is InChI=1S/C15H13NO5/c1-11-9-13(7-8-14(11)16(18)19)21-15(17)10-20-12-5-3-2-4-6-12/h2-9H,10H2,1H3. The van der Waals surface area contributed by atoms with Crippen LogP contribution >= 0.6 is 0 Å². The van der Waals surface area contributed by atoms with E-state index in [0.29, 0.717) is 11.3 Å². The van der Waals surface area contributed by atoms with Crippen LogP contribution in [0.15, 0.2) is 48.5 Å². The second-order valence-electron chi connectivity index (χ2n) is 4.28. The van der Waals surface area contributed by atoms with Crippen molar-refractivity contribution in [2.45, 2.75) is 6.92 Å². The molecule has 0 aliphatic carbocycles. The predicted molar refractivity (Wildman–Crippen MR) is 75.4 cm³/mol. The normalized spacial score (nSPS) is 9.95. The molecule has 0 heterocycles. The van der Waals surface area contributed by atoms with Crippen molar-refractivity contribution >= 4 is 11.7 Å². The molecule has 0 radical (unpaired) electrons. The van der Waals surface area contributed by atoms with Crippen LogP contribution in [0.25, 0.3) is 0 Å². The summed E-state index contributed by atoms with van der Waals surface area (Å²) in [5, 5.41) is 10.7. The van der Waals surface area contributed by atoms with Crippen molar-refractivity contribution in [2.24, 2.45) is 0 Å². The maximum Gasteiger partial charge on any atom is 0.349 e. The van der Waals surface area contributed by atoms with Crippen molar-refractivity contribution < 1.29 is 19.2 Å². The number of ether oxygens (including phenoxy) is 2. The van der Waals surface area contributed by atoms with Gasteiger partial charge in [-0.15, -0.1) is 0 Å². The highest BCUT2D eigenvalue weighted by Gasteiger charge is 2.12. The van der Waals surface area contributed by atoms with Crippen molar-refractivity contribution in [1.29, 1.82) is 0 Å². The molecule has 2 aromatic rings. The number of para-hydroxylation sites is 1. The van der Waals surface area contributed by atoms with Gasteiger partial charge in [-0.05, 0) is 31.2 Å². The van der Waals surface area contributed by atoms with Crippen LogP contribution in [-0.4, -0.2) is 17.5 Å². The lowest BCUT2D eigenvalue weighted by molar-refractivity contribution is -0.385. The van der Waals surface area contributed by atoms with Crippen LogP contribution in [-0.2, 0) is 4.79 Å². The molecule has 0 N–H and O–H groups in total. The first-order valence-corrected chi connectivity index (χ1v) is 6.20. The molecule has 0 atom stereocenters. The van der Waals surface area contributed by atoms with Crippen molar-refractivity contribution in [1.82, 2.24) is 0 Å². The van der Waals surface area contributed by atoms with Crippen molar-refractivity contribution in [2.75, 3.05) is 6.61 Å². The molecule has 0 unspecified atom stereocenters. The molecule has 0 saturated heterocycles. The highest BCUT2D eigenvalue weighted by Crippen LogP contribution is 2.23. The van der Waals surface area contributed by atoms with E-state index in [1.165, 1.54) is 18.2 Å². The molecule has 6 heteroatoms. The fraction of sp³-hybridized carbons (Fsp3) is 0.133. The lowest BCUT2D eigenvalue weighted by Gasteiger charge is -2.07. The number of nitro benzene ring substituents is 1. The third kappa shape index (κ3) is 4.04. The number of hydrogen-bond donors (Lipinski definition) is 0. The molecule has 2 rings (SSSR count). The van der Waals surface area contributed by atoms with E-state index < -0.39 is 10.9 Å². The molecular formula is C15H13NO5. The Kier molecular flexibility index (Phi) is 4.50.